The van der Waals surface area contributed by atoms with Crippen LogP contribution in [-0.2, 0) is 32.0 Å². The summed E-state index contributed by atoms with van der Waals surface area (Å²) in [4.78, 5) is 49.6. The summed E-state index contributed by atoms with van der Waals surface area (Å²) < 4.78 is 0. The van der Waals surface area contributed by atoms with E-state index in [-0.39, 0.29) is 24.3 Å². The number of hydrogen-bond donors (Lipinski definition) is 9. The first-order valence-corrected chi connectivity index (χ1v) is 11.7. The van der Waals surface area contributed by atoms with Gasteiger partial charge < -0.3 is 47.2 Å². The number of aliphatic hydroxyl groups is 2. The third-order valence-corrected chi connectivity index (χ3v) is 5.60. The van der Waals surface area contributed by atoms with Crippen molar-refractivity contribution in [2.45, 2.75) is 50.0 Å². The second-order valence-corrected chi connectivity index (χ2v) is 8.72. The fourth-order valence-corrected chi connectivity index (χ4v) is 3.44. The first-order chi connectivity index (χ1) is 17.9. The highest BCUT2D eigenvalue weighted by Gasteiger charge is 2.32. The first kappa shape index (κ1) is 30.0. The zero-order valence-corrected chi connectivity index (χ0v) is 20.6. The minimum Gasteiger partial charge on any atom is -0.508 e. The molecule has 0 aliphatic heterocycles. The summed E-state index contributed by atoms with van der Waals surface area (Å²) in [5.41, 5.74) is 7.02. The van der Waals surface area contributed by atoms with E-state index in [0.717, 1.165) is 0 Å². The third-order valence-electron chi connectivity index (χ3n) is 5.60. The van der Waals surface area contributed by atoms with Crippen molar-refractivity contribution in [1.82, 2.24) is 16.0 Å². The van der Waals surface area contributed by atoms with Crippen LogP contribution in [0.1, 0.15) is 18.1 Å². The van der Waals surface area contributed by atoms with E-state index in [2.05, 4.69) is 16.0 Å². The molecule has 2 rings (SSSR count). The lowest BCUT2D eigenvalue weighted by molar-refractivity contribution is -0.143. The number of amides is 3. The molecule has 0 aliphatic rings. The normalized spacial score (nSPS) is 14.8. The summed E-state index contributed by atoms with van der Waals surface area (Å²) in [7, 11) is 0. The van der Waals surface area contributed by atoms with Crippen LogP contribution in [0.25, 0.3) is 0 Å². The zero-order valence-electron chi connectivity index (χ0n) is 20.6. The van der Waals surface area contributed by atoms with Crippen LogP contribution in [0, 0.1) is 0 Å². The van der Waals surface area contributed by atoms with Crippen molar-refractivity contribution in [3.63, 3.8) is 0 Å². The number of benzene rings is 2. The molecule has 2 aromatic carbocycles. The quantitative estimate of drug-likeness (QED) is 0.139. The van der Waals surface area contributed by atoms with Crippen molar-refractivity contribution >= 4 is 23.7 Å². The van der Waals surface area contributed by atoms with Crippen LogP contribution >= 0.6 is 0 Å². The van der Waals surface area contributed by atoms with Gasteiger partial charge in [-0.1, -0.05) is 24.3 Å². The molecule has 0 heterocycles. The summed E-state index contributed by atoms with van der Waals surface area (Å²) in [6.45, 7) is 0.344. The molecule has 0 aliphatic carbocycles. The number of aliphatic carboxylic acids is 1. The smallest absolute Gasteiger partial charge is 0.326 e. The Morgan fingerprint density at radius 1 is 0.763 bits per heavy atom. The number of aliphatic hydroxyl groups excluding tert-OH is 2. The van der Waals surface area contributed by atoms with Gasteiger partial charge in [0.25, 0.3) is 0 Å². The molecule has 0 radical (unpaired) electrons. The van der Waals surface area contributed by atoms with Crippen molar-refractivity contribution in [2.24, 2.45) is 5.73 Å². The number of hydrogen-bond acceptors (Lipinski definition) is 9. The molecule has 38 heavy (non-hydrogen) atoms. The summed E-state index contributed by atoms with van der Waals surface area (Å²) in [6.07, 6.45) is -1.54. The fraction of sp³-hybridized carbons (Fsp3) is 0.360. The Morgan fingerprint density at radius 2 is 1.24 bits per heavy atom. The predicted molar refractivity (Wildman–Crippen MR) is 134 cm³/mol. The maximum absolute atomic E-state index is 12.8. The van der Waals surface area contributed by atoms with E-state index in [1.54, 1.807) is 12.1 Å². The van der Waals surface area contributed by atoms with Crippen LogP contribution in [0.2, 0.25) is 0 Å². The minimum atomic E-state index is -1.61. The number of nitrogens with two attached hydrogens (primary N) is 1. The highest BCUT2D eigenvalue weighted by Crippen LogP contribution is 2.12. The van der Waals surface area contributed by atoms with Crippen LogP contribution in [0.5, 0.6) is 11.5 Å². The molecule has 13 nitrogen and oxygen atoms in total. The SMILES string of the molecule is CC(O)C(NC(=O)C(CO)NC(=O)C(N)Cc1ccc(O)cc1)C(=O)NC(Cc1ccc(O)cc1)C(=O)O. The van der Waals surface area contributed by atoms with Gasteiger partial charge in [0, 0.05) is 6.42 Å². The number of carboxylic acids is 1. The zero-order chi connectivity index (χ0) is 28.4. The number of carbonyl (C=O) groups excluding carboxylic acids is 3. The Morgan fingerprint density at radius 3 is 1.68 bits per heavy atom. The number of aromatic hydroxyl groups is 2. The maximum atomic E-state index is 12.8. The van der Waals surface area contributed by atoms with Crippen molar-refractivity contribution in [2.75, 3.05) is 6.61 Å². The second-order valence-electron chi connectivity index (χ2n) is 8.72. The topological polar surface area (TPSA) is 232 Å². The predicted octanol–water partition coefficient (Wildman–Crippen LogP) is -1.88. The summed E-state index contributed by atoms with van der Waals surface area (Å²) in [5.74, 6) is -4.14. The number of nitrogens with one attached hydrogen (secondary N) is 3. The Bertz CT molecular complexity index is 1110. The Kier molecular flexibility index (Phi) is 11.0. The minimum absolute atomic E-state index is 0.0200. The summed E-state index contributed by atoms with van der Waals surface area (Å²) >= 11 is 0. The number of rotatable bonds is 13. The largest absolute Gasteiger partial charge is 0.508 e. The molecular weight excluding hydrogens is 500 g/mol. The van der Waals surface area contributed by atoms with Crippen molar-refractivity contribution in [3.8, 4) is 11.5 Å². The molecule has 0 saturated heterocycles. The molecule has 3 amide bonds. The van der Waals surface area contributed by atoms with Crippen LogP contribution in [0.4, 0.5) is 0 Å². The lowest BCUT2D eigenvalue weighted by Gasteiger charge is -2.26. The van der Waals surface area contributed by atoms with Gasteiger partial charge in [-0.25, -0.2) is 4.79 Å². The number of carbonyl (C=O) groups is 4. The van der Waals surface area contributed by atoms with E-state index < -0.39 is 60.6 Å². The molecule has 5 atom stereocenters. The van der Waals surface area contributed by atoms with Gasteiger partial charge in [0.15, 0.2) is 0 Å². The second kappa shape index (κ2) is 13.9. The molecule has 0 bridgehead atoms. The van der Waals surface area contributed by atoms with Gasteiger partial charge in [-0.15, -0.1) is 0 Å². The monoisotopic (exact) mass is 532 g/mol. The average Bonchev–Trinajstić information content (AvgIpc) is 2.87. The van der Waals surface area contributed by atoms with Gasteiger partial charge >= 0.3 is 5.97 Å². The Labute approximate surface area is 218 Å². The van der Waals surface area contributed by atoms with Crippen LogP contribution in [0.15, 0.2) is 48.5 Å². The van der Waals surface area contributed by atoms with Crippen molar-refractivity contribution in [1.29, 1.82) is 0 Å². The number of carboxylic acid groups (broad SMARTS) is 1. The first-order valence-electron chi connectivity index (χ1n) is 11.7. The molecule has 0 saturated carbocycles. The molecule has 13 heteroatoms. The molecule has 0 spiro atoms. The van der Waals surface area contributed by atoms with E-state index in [1.165, 1.54) is 43.3 Å². The van der Waals surface area contributed by atoms with Crippen molar-refractivity contribution in [3.05, 3.63) is 59.7 Å². The summed E-state index contributed by atoms with van der Waals surface area (Å²) in [6, 6.07) is 5.99. The molecular formula is C25H32N4O9. The third kappa shape index (κ3) is 9.03. The van der Waals surface area contributed by atoms with Crippen molar-refractivity contribution < 1.29 is 44.7 Å². The Hall–Kier alpha value is -4.20. The van der Waals surface area contributed by atoms with Gasteiger partial charge in [-0.3, -0.25) is 14.4 Å². The lowest BCUT2D eigenvalue weighted by Crippen LogP contribution is -2.60. The number of phenolic OH excluding ortho intramolecular Hbond substituents is 2. The van der Waals surface area contributed by atoms with Gasteiger partial charge in [0.2, 0.25) is 17.7 Å². The van der Waals surface area contributed by atoms with E-state index in [1.807, 2.05) is 0 Å². The average molecular weight is 533 g/mol. The van der Waals surface area contributed by atoms with E-state index >= 15 is 0 Å². The van der Waals surface area contributed by atoms with Gasteiger partial charge in [-0.05, 0) is 48.7 Å². The van der Waals surface area contributed by atoms with Crippen LogP contribution in [-0.4, -0.2) is 86.1 Å². The number of phenols is 2. The van der Waals surface area contributed by atoms with E-state index in [9.17, 15) is 44.7 Å². The molecule has 5 unspecified atom stereocenters. The van der Waals surface area contributed by atoms with Crippen LogP contribution < -0.4 is 21.7 Å². The summed E-state index contributed by atoms with van der Waals surface area (Å²) in [5, 5.41) is 54.7. The molecule has 0 fully saturated rings. The maximum Gasteiger partial charge on any atom is 0.326 e. The fourth-order valence-electron chi connectivity index (χ4n) is 3.44. The molecule has 206 valence electrons. The Balaban J connectivity index is 2.02. The highest BCUT2D eigenvalue weighted by molar-refractivity contribution is 5.94. The molecule has 0 aromatic heterocycles. The van der Waals surface area contributed by atoms with Gasteiger partial charge in [0.05, 0.1) is 18.8 Å². The molecule has 10 N–H and O–H groups in total. The van der Waals surface area contributed by atoms with Gasteiger partial charge in [-0.2, -0.15) is 0 Å². The van der Waals surface area contributed by atoms with Gasteiger partial charge in [0.1, 0.15) is 29.6 Å². The van der Waals surface area contributed by atoms with E-state index in [4.69, 9.17) is 5.73 Å². The van der Waals surface area contributed by atoms with E-state index in [0.29, 0.717) is 11.1 Å². The molecule has 2 aromatic rings. The lowest BCUT2D eigenvalue weighted by atomic mass is 10.0. The van der Waals surface area contributed by atoms with Crippen LogP contribution in [0.3, 0.4) is 0 Å². The highest BCUT2D eigenvalue weighted by atomic mass is 16.4. The standard InChI is InChI=1S/C25H32N4O9/c1-13(31)21(24(36)27-19(25(37)38)11-15-4-8-17(33)9-5-15)29-23(35)20(12-30)28-22(34)18(26)10-14-2-6-16(32)7-3-14/h2-9,13,18-21,30-33H,10-12,26H2,1H3,(H,27,36)(H,28,34)(H,29,35)(H,37,38).